The summed E-state index contributed by atoms with van der Waals surface area (Å²) in [6.07, 6.45) is 5.74. The lowest BCUT2D eigenvalue weighted by atomic mass is 10.1. The third-order valence-corrected chi connectivity index (χ3v) is 5.24. The Hall–Kier alpha value is -3.01. The van der Waals surface area contributed by atoms with Crippen LogP contribution in [0.2, 0.25) is 0 Å². The van der Waals surface area contributed by atoms with Crippen LogP contribution >= 0.6 is 0 Å². The summed E-state index contributed by atoms with van der Waals surface area (Å²) < 4.78 is 1.87. The van der Waals surface area contributed by atoms with Gasteiger partial charge in [0.2, 0.25) is 0 Å². The van der Waals surface area contributed by atoms with Gasteiger partial charge >= 0.3 is 0 Å². The zero-order valence-corrected chi connectivity index (χ0v) is 16.1. The molecule has 1 atom stereocenters. The topological polar surface area (TPSA) is 61.0 Å². The minimum Gasteiger partial charge on any atom is -0.296 e. The summed E-state index contributed by atoms with van der Waals surface area (Å²) in [5.41, 5.74) is 4.33. The fourth-order valence-electron chi connectivity index (χ4n) is 3.82. The second-order valence-electron chi connectivity index (χ2n) is 7.17. The number of rotatable bonds is 5. The van der Waals surface area contributed by atoms with E-state index in [2.05, 4.69) is 32.1 Å². The number of hydrogen-bond acceptors (Lipinski definition) is 5. The van der Waals surface area contributed by atoms with Crippen LogP contribution in [0.5, 0.6) is 0 Å². The van der Waals surface area contributed by atoms with Gasteiger partial charge < -0.3 is 0 Å². The molecular weight excluding hydrogens is 348 g/mol. The number of hydrogen-bond donors (Lipinski definition) is 0. The monoisotopic (exact) mass is 372 g/mol. The highest BCUT2D eigenvalue weighted by Crippen LogP contribution is 2.25. The molecule has 0 N–H and O–H groups in total. The van der Waals surface area contributed by atoms with E-state index in [0.717, 1.165) is 49.5 Å². The summed E-state index contributed by atoms with van der Waals surface area (Å²) >= 11 is 0. The van der Waals surface area contributed by atoms with Crippen LogP contribution in [-0.4, -0.2) is 50.7 Å². The van der Waals surface area contributed by atoms with Gasteiger partial charge in [-0.1, -0.05) is 30.3 Å². The summed E-state index contributed by atoms with van der Waals surface area (Å²) in [5, 5.41) is 14.3. The summed E-state index contributed by atoms with van der Waals surface area (Å²) in [7, 11) is 1.96. The summed E-state index contributed by atoms with van der Waals surface area (Å²) in [6.45, 7) is 4.50. The zero-order chi connectivity index (χ0) is 19.3. The molecule has 0 aliphatic carbocycles. The van der Waals surface area contributed by atoms with E-state index in [1.807, 2.05) is 60.4 Å². The lowest BCUT2D eigenvalue weighted by molar-refractivity contribution is 0.109. The Bertz CT molecular complexity index is 936. The van der Waals surface area contributed by atoms with Gasteiger partial charge in [0.15, 0.2) is 0 Å². The van der Waals surface area contributed by atoms with E-state index >= 15 is 0 Å². The number of piperazine rings is 1. The molecule has 1 aromatic carbocycles. The second-order valence-corrected chi connectivity index (χ2v) is 7.17. The Morgan fingerprint density at radius 2 is 1.86 bits per heavy atom. The molecule has 0 radical (unpaired) electrons. The Labute approximate surface area is 165 Å². The number of aromatic nitrogens is 3. The maximum atomic E-state index is 9.68. The molecule has 28 heavy (non-hydrogen) atoms. The Balaban J connectivity index is 1.42. The van der Waals surface area contributed by atoms with Crippen molar-refractivity contribution in [2.45, 2.75) is 12.6 Å². The van der Waals surface area contributed by atoms with Crippen LogP contribution in [0, 0.1) is 11.3 Å². The quantitative estimate of drug-likeness (QED) is 0.689. The maximum Gasteiger partial charge on any atom is 0.123 e. The van der Waals surface area contributed by atoms with Gasteiger partial charge in [-0.25, -0.2) is 0 Å². The van der Waals surface area contributed by atoms with E-state index in [1.165, 1.54) is 5.56 Å². The predicted molar refractivity (Wildman–Crippen MR) is 108 cm³/mol. The van der Waals surface area contributed by atoms with Gasteiger partial charge in [0.05, 0.1) is 11.8 Å². The number of nitrogens with zero attached hydrogens (tertiary/aromatic N) is 6. The highest BCUT2D eigenvalue weighted by Gasteiger charge is 2.25. The summed E-state index contributed by atoms with van der Waals surface area (Å²) in [5.74, 6) is 0. The average Bonchev–Trinajstić information content (AvgIpc) is 3.11. The highest BCUT2D eigenvalue weighted by atomic mass is 15.3. The van der Waals surface area contributed by atoms with E-state index in [0.29, 0.717) is 0 Å². The highest BCUT2D eigenvalue weighted by molar-refractivity contribution is 5.61. The van der Waals surface area contributed by atoms with E-state index in [1.54, 1.807) is 6.20 Å². The number of benzene rings is 1. The first kappa shape index (κ1) is 18.4. The van der Waals surface area contributed by atoms with E-state index in [-0.39, 0.29) is 6.04 Å². The average molecular weight is 372 g/mol. The first-order chi connectivity index (χ1) is 13.7. The fourth-order valence-corrected chi connectivity index (χ4v) is 3.82. The van der Waals surface area contributed by atoms with Crippen LogP contribution in [0.4, 0.5) is 0 Å². The molecule has 1 saturated heterocycles. The molecule has 1 unspecified atom stereocenters. The molecule has 1 aliphatic heterocycles. The van der Waals surface area contributed by atoms with Crippen molar-refractivity contribution in [3.63, 3.8) is 0 Å². The van der Waals surface area contributed by atoms with Crippen LogP contribution in [0.3, 0.4) is 0 Å². The number of nitriles is 1. The van der Waals surface area contributed by atoms with E-state index in [9.17, 15) is 5.26 Å². The number of aryl methyl sites for hydroxylation is 1. The van der Waals surface area contributed by atoms with Crippen LogP contribution in [-0.2, 0) is 13.6 Å². The molecular formula is C22H24N6. The van der Waals surface area contributed by atoms with Crippen molar-refractivity contribution in [2.75, 3.05) is 26.2 Å². The van der Waals surface area contributed by atoms with Crippen molar-refractivity contribution >= 4 is 0 Å². The van der Waals surface area contributed by atoms with E-state index < -0.39 is 0 Å². The predicted octanol–water partition coefficient (Wildman–Crippen LogP) is 2.86. The molecule has 0 amide bonds. The zero-order valence-electron chi connectivity index (χ0n) is 16.1. The largest absolute Gasteiger partial charge is 0.296 e. The Morgan fingerprint density at radius 1 is 1.07 bits per heavy atom. The first-order valence-corrected chi connectivity index (χ1v) is 9.58. The van der Waals surface area contributed by atoms with Gasteiger partial charge in [-0.05, 0) is 17.7 Å². The summed E-state index contributed by atoms with van der Waals surface area (Å²) in [6, 6.07) is 16.4. The van der Waals surface area contributed by atoms with Crippen molar-refractivity contribution in [3.05, 3.63) is 72.2 Å². The normalized spacial score (nSPS) is 16.6. The lowest BCUT2D eigenvalue weighted by Crippen LogP contribution is -2.46. The molecule has 0 saturated carbocycles. The molecule has 3 heterocycles. The van der Waals surface area contributed by atoms with Crippen LogP contribution in [0.1, 0.15) is 17.2 Å². The van der Waals surface area contributed by atoms with Gasteiger partial charge in [0, 0.05) is 69.5 Å². The molecule has 1 fully saturated rings. The second kappa shape index (κ2) is 8.34. The summed E-state index contributed by atoms with van der Waals surface area (Å²) in [4.78, 5) is 8.94. The lowest BCUT2D eigenvalue weighted by Gasteiger charge is -2.37. The standard InChI is InChI=1S/C22H24N6/c1-26-16-20(22(25-26)19-8-5-9-24-15-19)17-27-10-12-28(13-11-27)21(14-23)18-6-3-2-4-7-18/h2-9,15-16,21H,10-13,17H2,1H3. The molecule has 4 rings (SSSR count). The first-order valence-electron chi connectivity index (χ1n) is 9.58. The molecule has 6 nitrogen and oxygen atoms in total. The maximum absolute atomic E-state index is 9.68. The molecule has 0 spiro atoms. The molecule has 6 heteroatoms. The van der Waals surface area contributed by atoms with Crippen molar-refractivity contribution < 1.29 is 0 Å². The molecule has 1 aliphatic rings. The van der Waals surface area contributed by atoms with Gasteiger partial charge in [-0.3, -0.25) is 19.5 Å². The van der Waals surface area contributed by atoms with Crippen molar-refractivity contribution in [3.8, 4) is 17.3 Å². The molecule has 3 aromatic rings. The molecule has 2 aromatic heterocycles. The van der Waals surface area contributed by atoms with Crippen molar-refractivity contribution in [2.24, 2.45) is 7.05 Å². The minimum absolute atomic E-state index is 0.173. The third kappa shape index (κ3) is 3.96. The Morgan fingerprint density at radius 3 is 2.54 bits per heavy atom. The van der Waals surface area contributed by atoms with Gasteiger partial charge in [0.1, 0.15) is 6.04 Å². The third-order valence-electron chi connectivity index (χ3n) is 5.24. The fraction of sp³-hybridized carbons (Fsp3) is 0.318. The van der Waals surface area contributed by atoms with Gasteiger partial charge in [-0.2, -0.15) is 10.4 Å². The van der Waals surface area contributed by atoms with E-state index in [4.69, 9.17) is 0 Å². The minimum atomic E-state index is -0.173. The van der Waals surface area contributed by atoms with Crippen molar-refractivity contribution in [1.29, 1.82) is 5.26 Å². The van der Waals surface area contributed by atoms with Gasteiger partial charge in [-0.15, -0.1) is 0 Å². The van der Waals surface area contributed by atoms with Crippen molar-refractivity contribution in [1.82, 2.24) is 24.6 Å². The SMILES string of the molecule is Cn1cc(CN2CCN(C(C#N)c3ccccc3)CC2)c(-c2cccnc2)n1. The smallest absolute Gasteiger partial charge is 0.123 e. The van der Waals surface area contributed by atoms with Gasteiger partial charge in [0.25, 0.3) is 0 Å². The van der Waals surface area contributed by atoms with Crippen LogP contribution < -0.4 is 0 Å². The van der Waals surface area contributed by atoms with Crippen LogP contribution in [0.15, 0.2) is 61.1 Å². The number of pyridine rings is 1. The molecule has 142 valence electrons. The Kier molecular flexibility index (Phi) is 5.47. The van der Waals surface area contributed by atoms with Crippen LogP contribution in [0.25, 0.3) is 11.3 Å². The molecule has 0 bridgehead atoms.